The van der Waals surface area contributed by atoms with Crippen LogP contribution in [0, 0.1) is 0 Å². The first kappa shape index (κ1) is 16.1. The van der Waals surface area contributed by atoms with Gasteiger partial charge in [0, 0.05) is 11.8 Å². The molecule has 0 aliphatic rings. The number of furan rings is 1. The molecule has 2 aromatic carbocycles. The third kappa shape index (κ3) is 2.77. The maximum absolute atomic E-state index is 12.5. The molecule has 4 rings (SSSR count). The molecular formula is C21H17NO4. The van der Waals surface area contributed by atoms with E-state index in [1.165, 1.54) is 11.6 Å². The second-order valence-electron chi connectivity index (χ2n) is 6.47. The molecule has 1 N–H and O–H groups in total. The van der Waals surface area contributed by atoms with Crippen LogP contribution in [0.15, 0.2) is 68.2 Å². The minimum atomic E-state index is -0.433. The highest BCUT2D eigenvalue weighted by Gasteiger charge is 2.17. The van der Waals surface area contributed by atoms with Gasteiger partial charge in [0.2, 0.25) is 5.43 Å². The Morgan fingerprint density at radius 3 is 2.42 bits per heavy atom. The van der Waals surface area contributed by atoms with Gasteiger partial charge in [-0.15, -0.1) is 0 Å². The normalized spacial score (nSPS) is 11.3. The molecule has 0 saturated carbocycles. The number of hydrogen-bond acceptors (Lipinski definition) is 4. The average Bonchev–Trinajstić information content (AvgIpc) is 3.07. The summed E-state index contributed by atoms with van der Waals surface area (Å²) in [5.74, 6) is 0.0663. The van der Waals surface area contributed by atoms with E-state index in [2.05, 4.69) is 19.2 Å². The molecule has 0 atom stereocenters. The van der Waals surface area contributed by atoms with Gasteiger partial charge in [0.15, 0.2) is 5.76 Å². The molecule has 0 unspecified atom stereocenters. The van der Waals surface area contributed by atoms with E-state index in [1.807, 2.05) is 24.3 Å². The zero-order valence-electron chi connectivity index (χ0n) is 14.4. The van der Waals surface area contributed by atoms with Gasteiger partial charge in [0.1, 0.15) is 11.0 Å². The lowest BCUT2D eigenvalue weighted by Crippen LogP contribution is -2.10. The van der Waals surface area contributed by atoms with E-state index in [9.17, 15) is 9.59 Å². The fourth-order valence-electron chi connectivity index (χ4n) is 2.85. The smallest absolute Gasteiger partial charge is 0.302 e. The SMILES string of the molecule is CC(C)c1ccc(NC(=O)c2cc3c(=O)c4ccccc4oc3o2)cc1. The summed E-state index contributed by atoms with van der Waals surface area (Å²) in [6.45, 7) is 4.21. The van der Waals surface area contributed by atoms with Gasteiger partial charge in [0.25, 0.3) is 5.91 Å². The van der Waals surface area contributed by atoms with Crippen molar-refractivity contribution in [1.29, 1.82) is 0 Å². The van der Waals surface area contributed by atoms with Crippen molar-refractivity contribution in [2.45, 2.75) is 19.8 Å². The molecule has 0 radical (unpaired) electrons. The minimum Gasteiger partial charge on any atom is -0.425 e. The number of benzene rings is 2. The van der Waals surface area contributed by atoms with E-state index in [0.717, 1.165) is 0 Å². The van der Waals surface area contributed by atoms with E-state index in [0.29, 0.717) is 22.6 Å². The second-order valence-corrected chi connectivity index (χ2v) is 6.47. The number of para-hydroxylation sites is 1. The van der Waals surface area contributed by atoms with E-state index in [-0.39, 0.29) is 22.4 Å². The Balaban J connectivity index is 1.67. The van der Waals surface area contributed by atoms with Crippen molar-refractivity contribution in [1.82, 2.24) is 0 Å². The first-order chi connectivity index (χ1) is 12.5. The molecule has 1 amide bonds. The molecule has 0 bridgehead atoms. The number of hydrogen-bond donors (Lipinski definition) is 1. The van der Waals surface area contributed by atoms with Crippen LogP contribution in [-0.4, -0.2) is 5.91 Å². The summed E-state index contributed by atoms with van der Waals surface area (Å²) in [4.78, 5) is 25.0. The quantitative estimate of drug-likeness (QED) is 0.571. The maximum Gasteiger partial charge on any atom is 0.302 e. The minimum absolute atomic E-state index is 0.0316. The first-order valence-electron chi connectivity index (χ1n) is 8.39. The van der Waals surface area contributed by atoms with Crippen molar-refractivity contribution in [2.75, 3.05) is 5.32 Å². The van der Waals surface area contributed by atoms with Crippen molar-refractivity contribution < 1.29 is 13.6 Å². The predicted molar refractivity (Wildman–Crippen MR) is 101 cm³/mol. The van der Waals surface area contributed by atoms with Crippen LogP contribution in [-0.2, 0) is 0 Å². The van der Waals surface area contributed by atoms with E-state index < -0.39 is 5.91 Å². The van der Waals surface area contributed by atoms with Crippen LogP contribution in [0.2, 0.25) is 0 Å². The molecule has 5 heteroatoms. The number of rotatable bonds is 3. The Morgan fingerprint density at radius 1 is 0.962 bits per heavy atom. The van der Waals surface area contributed by atoms with Crippen LogP contribution < -0.4 is 10.7 Å². The molecule has 4 aromatic rings. The van der Waals surface area contributed by atoms with Crippen molar-refractivity contribution in [2.24, 2.45) is 0 Å². The summed E-state index contributed by atoms with van der Waals surface area (Å²) in [6, 6.07) is 16.0. The number of anilines is 1. The van der Waals surface area contributed by atoms with Crippen LogP contribution in [0.5, 0.6) is 0 Å². The highest BCUT2D eigenvalue weighted by atomic mass is 16.5. The Bertz CT molecular complexity index is 1170. The van der Waals surface area contributed by atoms with Crippen LogP contribution in [0.1, 0.15) is 35.9 Å². The summed E-state index contributed by atoms with van der Waals surface area (Å²) in [7, 11) is 0. The Labute approximate surface area is 149 Å². The number of carbonyl (C=O) groups excluding carboxylic acids is 1. The standard InChI is InChI=1S/C21H17NO4/c1-12(2)13-7-9-14(10-8-13)22-20(24)18-11-16-19(23)15-5-3-4-6-17(15)25-21(16)26-18/h3-12H,1-2H3,(H,22,24). The monoisotopic (exact) mass is 347 g/mol. The molecular weight excluding hydrogens is 330 g/mol. The molecule has 0 spiro atoms. The van der Waals surface area contributed by atoms with Gasteiger partial charge < -0.3 is 14.2 Å². The molecule has 2 heterocycles. The third-order valence-electron chi connectivity index (χ3n) is 4.34. The topological polar surface area (TPSA) is 72.5 Å². The highest BCUT2D eigenvalue weighted by molar-refractivity contribution is 6.04. The largest absolute Gasteiger partial charge is 0.425 e. The maximum atomic E-state index is 12.5. The highest BCUT2D eigenvalue weighted by Crippen LogP contribution is 2.23. The van der Waals surface area contributed by atoms with Crippen LogP contribution in [0.4, 0.5) is 5.69 Å². The predicted octanol–water partition coefficient (Wildman–Crippen LogP) is 4.91. The lowest BCUT2D eigenvalue weighted by atomic mass is 10.0. The first-order valence-corrected chi connectivity index (χ1v) is 8.39. The summed E-state index contributed by atoms with van der Waals surface area (Å²) in [5.41, 5.74) is 2.05. The molecule has 2 aromatic heterocycles. The van der Waals surface area contributed by atoms with Crippen molar-refractivity contribution in [3.8, 4) is 0 Å². The second kappa shape index (κ2) is 6.19. The van der Waals surface area contributed by atoms with Crippen molar-refractivity contribution in [3.05, 3.63) is 76.1 Å². The lowest BCUT2D eigenvalue weighted by Gasteiger charge is -2.07. The zero-order valence-corrected chi connectivity index (χ0v) is 14.4. The number of amides is 1. The van der Waals surface area contributed by atoms with E-state index in [4.69, 9.17) is 8.83 Å². The summed E-state index contributed by atoms with van der Waals surface area (Å²) in [6.07, 6.45) is 0. The average molecular weight is 347 g/mol. The van der Waals surface area contributed by atoms with Gasteiger partial charge in [-0.05, 0) is 35.7 Å². The zero-order chi connectivity index (χ0) is 18.3. The van der Waals surface area contributed by atoms with E-state index in [1.54, 1.807) is 24.3 Å². The fraction of sp³-hybridized carbons (Fsp3) is 0.143. The Hall–Kier alpha value is -3.34. The third-order valence-corrected chi connectivity index (χ3v) is 4.34. The molecule has 0 aliphatic heterocycles. The lowest BCUT2D eigenvalue weighted by molar-refractivity contribution is 0.0997. The summed E-state index contributed by atoms with van der Waals surface area (Å²) < 4.78 is 11.1. The summed E-state index contributed by atoms with van der Waals surface area (Å²) >= 11 is 0. The molecule has 5 nitrogen and oxygen atoms in total. The van der Waals surface area contributed by atoms with Gasteiger partial charge in [-0.25, -0.2) is 0 Å². The van der Waals surface area contributed by atoms with Gasteiger partial charge in [-0.1, -0.05) is 38.1 Å². The Morgan fingerprint density at radius 2 is 1.69 bits per heavy atom. The fourth-order valence-corrected chi connectivity index (χ4v) is 2.85. The van der Waals surface area contributed by atoms with Gasteiger partial charge >= 0.3 is 5.78 Å². The van der Waals surface area contributed by atoms with Gasteiger partial charge in [-0.3, -0.25) is 9.59 Å². The van der Waals surface area contributed by atoms with Crippen LogP contribution in [0.3, 0.4) is 0 Å². The molecule has 26 heavy (non-hydrogen) atoms. The van der Waals surface area contributed by atoms with Crippen LogP contribution >= 0.6 is 0 Å². The molecule has 130 valence electrons. The van der Waals surface area contributed by atoms with E-state index >= 15 is 0 Å². The van der Waals surface area contributed by atoms with Gasteiger partial charge in [0.05, 0.1) is 5.39 Å². The molecule has 0 saturated heterocycles. The van der Waals surface area contributed by atoms with Crippen molar-refractivity contribution >= 4 is 33.7 Å². The number of nitrogens with one attached hydrogen (secondary N) is 1. The van der Waals surface area contributed by atoms with Gasteiger partial charge in [-0.2, -0.15) is 0 Å². The van der Waals surface area contributed by atoms with Crippen molar-refractivity contribution in [3.63, 3.8) is 0 Å². The molecule has 0 fully saturated rings. The molecule has 0 aliphatic carbocycles. The number of carbonyl (C=O) groups is 1. The van der Waals surface area contributed by atoms with Crippen LogP contribution in [0.25, 0.3) is 22.1 Å². The summed E-state index contributed by atoms with van der Waals surface area (Å²) in [5, 5.41) is 3.48. The Kier molecular flexibility index (Phi) is 3.84. The number of fused-ring (bicyclic) bond motifs is 2.